The van der Waals surface area contributed by atoms with Crippen molar-refractivity contribution in [2.45, 2.75) is 39.2 Å². The van der Waals surface area contributed by atoms with E-state index in [2.05, 4.69) is 43.4 Å². The van der Waals surface area contributed by atoms with Crippen LogP contribution in [0.4, 0.5) is 0 Å². The third-order valence-electron chi connectivity index (χ3n) is 3.14. The van der Waals surface area contributed by atoms with Gasteiger partial charge in [0.1, 0.15) is 0 Å². The van der Waals surface area contributed by atoms with Crippen molar-refractivity contribution in [1.82, 2.24) is 5.32 Å². The average Bonchev–Trinajstić information content (AvgIpc) is 3.05. The van der Waals surface area contributed by atoms with Crippen LogP contribution in [-0.2, 0) is 0 Å². The van der Waals surface area contributed by atoms with E-state index < -0.39 is 0 Å². The van der Waals surface area contributed by atoms with Crippen LogP contribution in [0.3, 0.4) is 0 Å². The average molecular weight is 203 g/mol. The van der Waals surface area contributed by atoms with E-state index in [0.29, 0.717) is 6.04 Å². The van der Waals surface area contributed by atoms with Gasteiger partial charge in [-0.2, -0.15) is 0 Å². The van der Waals surface area contributed by atoms with Crippen molar-refractivity contribution in [1.29, 1.82) is 0 Å². The molecule has 0 spiro atoms. The molecule has 1 fully saturated rings. The van der Waals surface area contributed by atoms with Gasteiger partial charge in [0.05, 0.1) is 0 Å². The molecule has 1 heteroatoms. The lowest BCUT2D eigenvalue weighted by atomic mass is 10.0. The third kappa shape index (κ3) is 2.82. The first-order valence-electron chi connectivity index (χ1n) is 6.11. The van der Waals surface area contributed by atoms with E-state index in [0.717, 1.165) is 12.5 Å². The number of rotatable bonds is 5. The number of nitrogens with one attached hydrogen (secondary N) is 1. The van der Waals surface area contributed by atoms with E-state index in [1.807, 2.05) is 0 Å². The lowest BCUT2D eigenvalue weighted by Crippen LogP contribution is -2.23. The summed E-state index contributed by atoms with van der Waals surface area (Å²) in [6.07, 6.45) is 4.01. The summed E-state index contributed by atoms with van der Waals surface area (Å²) in [7, 11) is 0. The molecule has 0 aliphatic heterocycles. The van der Waals surface area contributed by atoms with E-state index >= 15 is 0 Å². The fourth-order valence-corrected chi connectivity index (χ4v) is 2.06. The summed E-state index contributed by atoms with van der Waals surface area (Å²) in [5.41, 5.74) is 2.82. The van der Waals surface area contributed by atoms with Crippen LogP contribution in [0, 0.1) is 12.8 Å². The Bertz CT molecular complexity index is 298. The summed E-state index contributed by atoms with van der Waals surface area (Å²) in [6, 6.07) is 9.60. The number of hydrogen-bond acceptors (Lipinski definition) is 1. The van der Waals surface area contributed by atoms with E-state index in [4.69, 9.17) is 0 Å². The maximum atomic E-state index is 3.67. The first-order chi connectivity index (χ1) is 7.31. The zero-order valence-corrected chi connectivity index (χ0v) is 9.79. The molecule has 0 saturated heterocycles. The minimum atomic E-state index is 0.602. The highest BCUT2D eigenvalue weighted by atomic mass is 14.9. The molecule has 1 saturated carbocycles. The third-order valence-corrected chi connectivity index (χ3v) is 3.14. The van der Waals surface area contributed by atoms with Gasteiger partial charge >= 0.3 is 0 Å². The summed E-state index contributed by atoms with van der Waals surface area (Å²) < 4.78 is 0. The molecule has 0 amide bonds. The van der Waals surface area contributed by atoms with Crippen LogP contribution in [-0.4, -0.2) is 6.54 Å². The van der Waals surface area contributed by atoms with Crippen molar-refractivity contribution in [3.05, 3.63) is 35.4 Å². The van der Waals surface area contributed by atoms with Crippen LogP contribution in [0.25, 0.3) is 0 Å². The molecule has 1 unspecified atom stereocenters. The summed E-state index contributed by atoms with van der Waals surface area (Å²) in [4.78, 5) is 0. The molecule has 1 aliphatic rings. The van der Waals surface area contributed by atoms with Crippen LogP contribution < -0.4 is 5.32 Å². The second-order valence-corrected chi connectivity index (χ2v) is 4.68. The minimum absolute atomic E-state index is 0.602. The summed E-state index contributed by atoms with van der Waals surface area (Å²) >= 11 is 0. The Morgan fingerprint density at radius 3 is 2.47 bits per heavy atom. The Balaban J connectivity index is 2.06. The molecule has 1 aliphatic carbocycles. The summed E-state index contributed by atoms with van der Waals surface area (Å²) in [6.45, 7) is 5.51. The number of aryl methyl sites for hydroxylation is 1. The maximum Gasteiger partial charge on any atom is 0.0348 e. The van der Waals surface area contributed by atoms with Gasteiger partial charge in [-0.3, -0.25) is 0 Å². The Morgan fingerprint density at radius 2 is 1.93 bits per heavy atom. The van der Waals surface area contributed by atoms with Gasteiger partial charge in [-0.05, 0) is 44.2 Å². The zero-order chi connectivity index (χ0) is 10.7. The highest BCUT2D eigenvalue weighted by molar-refractivity contribution is 5.25. The fourth-order valence-electron chi connectivity index (χ4n) is 2.06. The standard InChI is InChI=1S/C14H21N/c1-3-10-15-14(13-8-9-13)12-6-4-11(2)5-7-12/h4-7,13-15H,3,8-10H2,1-2H3. The van der Waals surface area contributed by atoms with Gasteiger partial charge in [-0.1, -0.05) is 36.8 Å². The molecular formula is C14H21N. The summed E-state index contributed by atoms with van der Waals surface area (Å²) in [5.74, 6) is 0.888. The van der Waals surface area contributed by atoms with Gasteiger partial charge in [0.2, 0.25) is 0 Å². The van der Waals surface area contributed by atoms with Gasteiger partial charge in [-0.15, -0.1) is 0 Å². The lowest BCUT2D eigenvalue weighted by Gasteiger charge is -2.18. The quantitative estimate of drug-likeness (QED) is 0.773. The topological polar surface area (TPSA) is 12.0 Å². The maximum absolute atomic E-state index is 3.67. The smallest absolute Gasteiger partial charge is 0.0348 e. The van der Waals surface area contributed by atoms with Gasteiger partial charge < -0.3 is 5.32 Å². The van der Waals surface area contributed by atoms with Gasteiger partial charge in [0, 0.05) is 6.04 Å². The highest BCUT2D eigenvalue weighted by Gasteiger charge is 2.31. The van der Waals surface area contributed by atoms with Crippen molar-refractivity contribution in [2.75, 3.05) is 6.54 Å². The molecule has 1 aromatic rings. The predicted molar refractivity (Wildman–Crippen MR) is 64.9 cm³/mol. The molecule has 0 heterocycles. The van der Waals surface area contributed by atoms with Crippen molar-refractivity contribution < 1.29 is 0 Å². The molecule has 1 N–H and O–H groups in total. The molecule has 2 rings (SSSR count). The van der Waals surface area contributed by atoms with Crippen LogP contribution >= 0.6 is 0 Å². The first kappa shape index (κ1) is 10.7. The molecule has 0 aromatic heterocycles. The number of benzene rings is 1. The van der Waals surface area contributed by atoms with Gasteiger partial charge in [0.15, 0.2) is 0 Å². The SMILES string of the molecule is CCCNC(c1ccc(C)cc1)C1CC1. The molecule has 0 bridgehead atoms. The first-order valence-corrected chi connectivity index (χ1v) is 6.11. The molecule has 1 atom stereocenters. The Hall–Kier alpha value is -0.820. The Morgan fingerprint density at radius 1 is 1.27 bits per heavy atom. The van der Waals surface area contributed by atoms with Crippen LogP contribution in [0.1, 0.15) is 43.4 Å². The fraction of sp³-hybridized carbons (Fsp3) is 0.571. The molecule has 1 nitrogen and oxygen atoms in total. The second-order valence-electron chi connectivity index (χ2n) is 4.68. The van der Waals surface area contributed by atoms with E-state index in [-0.39, 0.29) is 0 Å². The molecule has 0 radical (unpaired) electrons. The molecule has 15 heavy (non-hydrogen) atoms. The largest absolute Gasteiger partial charge is 0.310 e. The molecule has 1 aromatic carbocycles. The van der Waals surface area contributed by atoms with Gasteiger partial charge in [0.25, 0.3) is 0 Å². The van der Waals surface area contributed by atoms with Crippen LogP contribution in [0.5, 0.6) is 0 Å². The number of hydrogen-bond donors (Lipinski definition) is 1. The van der Waals surface area contributed by atoms with Crippen LogP contribution in [0.2, 0.25) is 0 Å². The van der Waals surface area contributed by atoms with E-state index in [1.54, 1.807) is 0 Å². The monoisotopic (exact) mass is 203 g/mol. The Kier molecular flexibility index (Phi) is 3.42. The van der Waals surface area contributed by atoms with Crippen molar-refractivity contribution in [2.24, 2.45) is 5.92 Å². The minimum Gasteiger partial charge on any atom is -0.310 e. The van der Waals surface area contributed by atoms with Crippen molar-refractivity contribution >= 4 is 0 Å². The van der Waals surface area contributed by atoms with E-state index in [1.165, 1.54) is 30.4 Å². The van der Waals surface area contributed by atoms with E-state index in [9.17, 15) is 0 Å². The molecule has 82 valence electrons. The molecular weight excluding hydrogens is 182 g/mol. The normalized spacial score (nSPS) is 17.7. The summed E-state index contributed by atoms with van der Waals surface area (Å²) in [5, 5.41) is 3.67. The van der Waals surface area contributed by atoms with Crippen molar-refractivity contribution in [3.63, 3.8) is 0 Å². The predicted octanol–water partition coefficient (Wildman–Crippen LogP) is 3.45. The second kappa shape index (κ2) is 4.80. The van der Waals surface area contributed by atoms with Crippen LogP contribution in [0.15, 0.2) is 24.3 Å². The van der Waals surface area contributed by atoms with Gasteiger partial charge in [-0.25, -0.2) is 0 Å². The Labute approximate surface area is 92.9 Å². The lowest BCUT2D eigenvalue weighted by molar-refractivity contribution is 0.481. The van der Waals surface area contributed by atoms with Crippen molar-refractivity contribution in [3.8, 4) is 0 Å². The zero-order valence-electron chi connectivity index (χ0n) is 9.79. The highest BCUT2D eigenvalue weighted by Crippen LogP contribution is 2.40.